The SMILES string of the molecule is CCNC(=O)[C@@H](Cc1ccccc1)N(Cc1cccc(OC)c1)C(=O)CN(c1ccccc1)S(=O)(=O)c1ccc(C)cc1. The Bertz CT molecular complexity index is 1610. The molecule has 0 radical (unpaired) electrons. The van der Waals surface area contributed by atoms with Crippen LogP contribution in [0.3, 0.4) is 0 Å². The van der Waals surface area contributed by atoms with Crippen molar-refractivity contribution in [1.29, 1.82) is 0 Å². The topological polar surface area (TPSA) is 96.0 Å². The fourth-order valence-electron chi connectivity index (χ4n) is 4.77. The Kier molecular flexibility index (Phi) is 10.6. The number of benzene rings is 4. The van der Waals surface area contributed by atoms with Gasteiger partial charge in [0, 0.05) is 19.5 Å². The number of methoxy groups -OCH3 is 1. The summed E-state index contributed by atoms with van der Waals surface area (Å²) < 4.78 is 34.5. The van der Waals surface area contributed by atoms with E-state index in [9.17, 15) is 18.0 Å². The van der Waals surface area contributed by atoms with E-state index in [0.29, 0.717) is 18.0 Å². The van der Waals surface area contributed by atoms with E-state index < -0.39 is 28.5 Å². The van der Waals surface area contributed by atoms with Crippen molar-refractivity contribution in [3.05, 3.63) is 126 Å². The number of hydrogen-bond donors (Lipinski definition) is 1. The second-order valence-electron chi connectivity index (χ2n) is 10.1. The van der Waals surface area contributed by atoms with Gasteiger partial charge in [0.2, 0.25) is 11.8 Å². The Morgan fingerprint density at radius 2 is 1.47 bits per heavy atom. The van der Waals surface area contributed by atoms with Gasteiger partial charge in [-0.15, -0.1) is 0 Å². The van der Waals surface area contributed by atoms with Crippen LogP contribution in [0.1, 0.15) is 23.6 Å². The van der Waals surface area contributed by atoms with Gasteiger partial charge in [-0.2, -0.15) is 0 Å². The molecule has 0 saturated heterocycles. The van der Waals surface area contributed by atoms with Crippen molar-refractivity contribution >= 4 is 27.5 Å². The number of carbonyl (C=O) groups excluding carboxylic acids is 2. The molecule has 0 unspecified atom stereocenters. The summed E-state index contributed by atoms with van der Waals surface area (Å²) in [6, 6.07) is 30.8. The molecular weight excluding hydrogens is 562 g/mol. The number of sulfonamides is 1. The van der Waals surface area contributed by atoms with Gasteiger partial charge in [0.1, 0.15) is 18.3 Å². The number of nitrogens with one attached hydrogen (secondary N) is 1. The lowest BCUT2D eigenvalue weighted by molar-refractivity contribution is -0.140. The first kappa shape index (κ1) is 31.3. The van der Waals surface area contributed by atoms with Gasteiger partial charge in [-0.25, -0.2) is 8.42 Å². The van der Waals surface area contributed by atoms with E-state index in [4.69, 9.17) is 4.74 Å². The van der Waals surface area contributed by atoms with Gasteiger partial charge in [-0.1, -0.05) is 78.4 Å². The quantitative estimate of drug-likeness (QED) is 0.234. The average Bonchev–Trinajstić information content (AvgIpc) is 3.02. The number of anilines is 1. The zero-order valence-electron chi connectivity index (χ0n) is 24.6. The number of amides is 2. The van der Waals surface area contributed by atoms with Crippen molar-refractivity contribution in [2.75, 3.05) is 24.5 Å². The minimum Gasteiger partial charge on any atom is -0.497 e. The number of rotatable bonds is 13. The summed E-state index contributed by atoms with van der Waals surface area (Å²) >= 11 is 0. The summed E-state index contributed by atoms with van der Waals surface area (Å²) in [7, 11) is -2.57. The first-order valence-corrected chi connectivity index (χ1v) is 15.6. The Balaban J connectivity index is 1.78. The van der Waals surface area contributed by atoms with Crippen molar-refractivity contribution in [3.63, 3.8) is 0 Å². The molecule has 1 N–H and O–H groups in total. The molecule has 0 spiro atoms. The molecule has 0 aliphatic heterocycles. The van der Waals surface area contributed by atoms with Crippen LogP contribution in [0.15, 0.2) is 114 Å². The minimum absolute atomic E-state index is 0.0673. The standard InChI is InChI=1S/C34H37N3O5S/c1-4-35-34(39)32(23-27-12-7-5-8-13-27)36(24-28-14-11-17-30(22-28)42-3)33(38)25-37(29-15-9-6-10-16-29)43(40,41)31-20-18-26(2)19-21-31/h5-22,32H,4,23-25H2,1-3H3,(H,35,39)/t32-/m1/s1. The number of para-hydroxylation sites is 1. The van der Waals surface area contributed by atoms with Crippen molar-refractivity contribution in [2.45, 2.75) is 37.8 Å². The zero-order chi connectivity index (χ0) is 30.8. The fourth-order valence-corrected chi connectivity index (χ4v) is 6.19. The van der Waals surface area contributed by atoms with Gasteiger partial charge < -0.3 is 15.0 Å². The first-order chi connectivity index (χ1) is 20.7. The molecule has 0 aliphatic rings. The molecule has 43 heavy (non-hydrogen) atoms. The molecule has 0 saturated carbocycles. The first-order valence-electron chi connectivity index (χ1n) is 14.1. The normalized spacial score (nSPS) is 11.8. The van der Waals surface area contributed by atoms with Crippen LogP contribution in [0, 0.1) is 6.92 Å². The van der Waals surface area contributed by atoms with Gasteiger partial charge in [0.15, 0.2) is 0 Å². The number of ether oxygens (including phenoxy) is 1. The minimum atomic E-state index is -4.13. The van der Waals surface area contributed by atoms with Gasteiger partial charge >= 0.3 is 0 Å². The van der Waals surface area contributed by atoms with Crippen LogP contribution >= 0.6 is 0 Å². The number of nitrogens with zero attached hydrogens (tertiary/aromatic N) is 2. The third-order valence-corrected chi connectivity index (χ3v) is 8.83. The van der Waals surface area contributed by atoms with E-state index in [1.54, 1.807) is 61.7 Å². The van der Waals surface area contributed by atoms with Crippen LogP contribution in [0.25, 0.3) is 0 Å². The van der Waals surface area contributed by atoms with Gasteiger partial charge in [0.05, 0.1) is 17.7 Å². The average molecular weight is 600 g/mol. The van der Waals surface area contributed by atoms with E-state index in [-0.39, 0.29) is 23.8 Å². The highest BCUT2D eigenvalue weighted by Gasteiger charge is 2.34. The third kappa shape index (κ3) is 8.02. The van der Waals surface area contributed by atoms with Crippen LogP contribution in [-0.2, 0) is 32.6 Å². The molecule has 0 aromatic heterocycles. The van der Waals surface area contributed by atoms with Crippen LogP contribution in [0.2, 0.25) is 0 Å². The lowest BCUT2D eigenvalue weighted by atomic mass is 10.0. The van der Waals surface area contributed by atoms with Crippen LogP contribution in [-0.4, -0.2) is 51.4 Å². The summed E-state index contributed by atoms with van der Waals surface area (Å²) in [5.74, 6) is -0.236. The lowest BCUT2D eigenvalue weighted by Gasteiger charge is -2.34. The van der Waals surface area contributed by atoms with Crippen LogP contribution < -0.4 is 14.4 Å². The summed E-state index contributed by atoms with van der Waals surface area (Å²) in [4.78, 5) is 29.5. The molecule has 0 bridgehead atoms. The van der Waals surface area contributed by atoms with E-state index in [0.717, 1.165) is 21.0 Å². The second-order valence-corrected chi connectivity index (χ2v) is 12.0. The molecule has 4 aromatic carbocycles. The molecule has 1 atom stereocenters. The summed E-state index contributed by atoms with van der Waals surface area (Å²) in [5.41, 5.74) is 2.86. The van der Waals surface area contributed by atoms with Gasteiger partial charge in [-0.3, -0.25) is 13.9 Å². The molecule has 8 nitrogen and oxygen atoms in total. The highest BCUT2D eigenvalue weighted by Crippen LogP contribution is 2.25. The number of carbonyl (C=O) groups is 2. The maximum atomic E-state index is 14.4. The molecule has 4 rings (SSSR count). The summed E-state index contributed by atoms with van der Waals surface area (Å²) in [5, 5.41) is 2.87. The van der Waals surface area contributed by atoms with Gasteiger partial charge in [0.25, 0.3) is 10.0 Å². The predicted molar refractivity (Wildman–Crippen MR) is 168 cm³/mol. The molecule has 0 heterocycles. The predicted octanol–water partition coefficient (Wildman–Crippen LogP) is 4.98. The zero-order valence-corrected chi connectivity index (χ0v) is 25.5. The van der Waals surface area contributed by atoms with Crippen LogP contribution in [0.5, 0.6) is 5.75 Å². The van der Waals surface area contributed by atoms with Gasteiger partial charge in [-0.05, 0) is 61.4 Å². The molecule has 2 amide bonds. The number of aryl methyl sites for hydroxylation is 1. The Morgan fingerprint density at radius 1 is 0.837 bits per heavy atom. The largest absolute Gasteiger partial charge is 0.497 e. The van der Waals surface area contributed by atoms with Crippen molar-refractivity contribution in [2.24, 2.45) is 0 Å². The maximum Gasteiger partial charge on any atom is 0.264 e. The highest BCUT2D eigenvalue weighted by atomic mass is 32.2. The summed E-state index contributed by atoms with van der Waals surface area (Å²) in [6.45, 7) is 3.63. The maximum absolute atomic E-state index is 14.4. The second kappa shape index (κ2) is 14.5. The fraction of sp³-hybridized carbons (Fsp3) is 0.235. The monoisotopic (exact) mass is 599 g/mol. The Labute approximate surface area is 254 Å². The van der Waals surface area contributed by atoms with E-state index >= 15 is 0 Å². The van der Waals surface area contributed by atoms with Crippen molar-refractivity contribution in [3.8, 4) is 5.75 Å². The molecule has 9 heteroatoms. The molecular formula is C34H37N3O5S. The van der Waals surface area contributed by atoms with E-state index in [2.05, 4.69) is 5.32 Å². The Hall–Kier alpha value is -4.63. The van der Waals surface area contributed by atoms with Crippen molar-refractivity contribution in [1.82, 2.24) is 10.2 Å². The summed E-state index contributed by atoms with van der Waals surface area (Å²) in [6.07, 6.45) is 0.248. The Morgan fingerprint density at radius 3 is 2.09 bits per heavy atom. The smallest absolute Gasteiger partial charge is 0.264 e. The molecule has 224 valence electrons. The van der Waals surface area contributed by atoms with E-state index in [1.165, 1.54) is 17.0 Å². The van der Waals surface area contributed by atoms with Crippen molar-refractivity contribution < 1.29 is 22.7 Å². The van der Waals surface area contributed by atoms with E-state index in [1.807, 2.05) is 56.3 Å². The third-order valence-electron chi connectivity index (χ3n) is 7.04. The lowest BCUT2D eigenvalue weighted by Crippen LogP contribution is -2.53. The molecule has 0 fully saturated rings. The van der Waals surface area contributed by atoms with Crippen LogP contribution in [0.4, 0.5) is 5.69 Å². The molecule has 0 aliphatic carbocycles. The number of hydrogen-bond acceptors (Lipinski definition) is 5. The number of likely N-dealkylation sites (N-methyl/N-ethyl adjacent to an activating group) is 1. The highest BCUT2D eigenvalue weighted by molar-refractivity contribution is 7.92. The molecule has 4 aromatic rings.